The van der Waals surface area contributed by atoms with Gasteiger partial charge < -0.3 is 5.32 Å². The number of fused-ring (bicyclic) bond motifs is 1. The van der Waals surface area contributed by atoms with Crippen LogP contribution >= 0.6 is 0 Å². The minimum absolute atomic E-state index is 0.110. The van der Waals surface area contributed by atoms with Gasteiger partial charge in [-0.1, -0.05) is 36.4 Å². The molecular weight excluding hydrogens is 324 g/mol. The van der Waals surface area contributed by atoms with E-state index in [0.29, 0.717) is 12.1 Å². The van der Waals surface area contributed by atoms with Crippen LogP contribution in [-0.4, -0.2) is 20.7 Å². The van der Waals surface area contributed by atoms with Crippen LogP contribution in [0.2, 0.25) is 0 Å². The zero-order valence-electron chi connectivity index (χ0n) is 14.4. The number of hydrogen-bond acceptors (Lipinski definition) is 3. The number of hydrogen-bond donors (Lipinski definition) is 1. The van der Waals surface area contributed by atoms with Crippen LogP contribution in [0.1, 0.15) is 16.1 Å². The highest BCUT2D eigenvalue weighted by molar-refractivity contribution is 5.98. The fourth-order valence-corrected chi connectivity index (χ4v) is 2.97. The standard InChI is InChI=1S/C21H18N4O/c1-25-20(19-8-4-5-11-22-19)13-18(24-25)14-23-21(26)17-10-9-15-6-2-3-7-16(15)12-17/h2-13H,14H2,1H3,(H,23,26). The summed E-state index contributed by atoms with van der Waals surface area (Å²) in [6.07, 6.45) is 1.75. The van der Waals surface area contributed by atoms with Crippen LogP contribution in [0.15, 0.2) is 72.9 Å². The topological polar surface area (TPSA) is 59.8 Å². The van der Waals surface area contributed by atoms with Gasteiger partial charge in [0, 0.05) is 18.8 Å². The minimum atomic E-state index is -0.110. The molecule has 26 heavy (non-hydrogen) atoms. The molecular formula is C21H18N4O. The van der Waals surface area contributed by atoms with Crippen molar-refractivity contribution in [3.8, 4) is 11.4 Å². The Balaban J connectivity index is 1.49. The molecule has 0 radical (unpaired) electrons. The number of nitrogens with one attached hydrogen (secondary N) is 1. The number of pyridine rings is 1. The molecule has 4 aromatic rings. The van der Waals surface area contributed by atoms with Crippen molar-refractivity contribution >= 4 is 16.7 Å². The third-order valence-electron chi connectivity index (χ3n) is 4.30. The third-order valence-corrected chi connectivity index (χ3v) is 4.30. The molecule has 0 fully saturated rings. The van der Waals surface area contributed by atoms with E-state index in [9.17, 15) is 4.79 Å². The molecule has 5 heteroatoms. The van der Waals surface area contributed by atoms with Gasteiger partial charge in [0.25, 0.3) is 5.91 Å². The molecule has 128 valence electrons. The molecule has 1 N–H and O–H groups in total. The Hall–Kier alpha value is -3.47. The van der Waals surface area contributed by atoms with E-state index in [-0.39, 0.29) is 5.91 Å². The highest BCUT2D eigenvalue weighted by Crippen LogP contribution is 2.18. The maximum absolute atomic E-state index is 12.5. The molecule has 0 aliphatic heterocycles. The summed E-state index contributed by atoms with van der Waals surface area (Å²) >= 11 is 0. The molecule has 0 aliphatic carbocycles. The Bertz CT molecular complexity index is 1070. The molecule has 0 saturated heterocycles. The van der Waals surface area contributed by atoms with Gasteiger partial charge in [0.2, 0.25) is 0 Å². The van der Waals surface area contributed by atoms with Gasteiger partial charge in [0.15, 0.2) is 0 Å². The number of rotatable bonds is 4. The maximum atomic E-state index is 12.5. The molecule has 5 nitrogen and oxygen atoms in total. The van der Waals surface area contributed by atoms with Crippen molar-refractivity contribution in [2.45, 2.75) is 6.54 Å². The minimum Gasteiger partial charge on any atom is -0.346 e. The van der Waals surface area contributed by atoms with Crippen molar-refractivity contribution in [2.24, 2.45) is 7.05 Å². The SMILES string of the molecule is Cn1nc(CNC(=O)c2ccc3ccccc3c2)cc1-c1ccccn1. The van der Waals surface area contributed by atoms with Crippen molar-refractivity contribution in [3.63, 3.8) is 0 Å². The second-order valence-electron chi connectivity index (χ2n) is 6.10. The second kappa shape index (κ2) is 6.80. The molecule has 0 bridgehead atoms. The van der Waals surface area contributed by atoms with Crippen LogP contribution in [-0.2, 0) is 13.6 Å². The van der Waals surface area contributed by atoms with Gasteiger partial charge in [-0.2, -0.15) is 5.10 Å². The molecule has 4 rings (SSSR count). The van der Waals surface area contributed by atoms with Gasteiger partial charge in [-0.05, 0) is 41.1 Å². The lowest BCUT2D eigenvalue weighted by atomic mass is 10.1. The highest BCUT2D eigenvalue weighted by atomic mass is 16.1. The van der Waals surface area contributed by atoms with E-state index in [4.69, 9.17) is 0 Å². The number of amides is 1. The largest absolute Gasteiger partial charge is 0.346 e. The van der Waals surface area contributed by atoms with Crippen molar-refractivity contribution < 1.29 is 4.79 Å². The second-order valence-corrected chi connectivity index (χ2v) is 6.10. The third kappa shape index (κ3) is 3.19. The summed E-state index contributed by atoms with van der Waals surface area (Å²) in [7, 11) is 1.87. The lowest BCUT2D eigenvalue weighted by molar-refractivity contribution is 0.0950. The Morgan fingerprint density at radius 3 is 2.62 bits per heavy atom. The van der Waals surface area contributed by atoms with Gasteiger partial charge in [-0.15, -0.1) is 0 Å². The summed E-state index contributed by atoms with van der Waals surface area (Å²) in [4.78, 5) is 16.8. The van der Waals surface area contributed by atoms with Gasteiger partial charge in [0.1, 0.15) is 0 Å². The van der Waals surface area contributed by atoms with E-state index in [1.54, 1.807) is 10.9 Å². The van der Waals surface area contributed by atoms with Crippen LogP contribution in [0.25, 0.3) is 22.2 Å². The van der Waals surface area contributed by atoms with Gasteiger partial charge >= 0.3 is 0 Å². The molecule has 1 amide bonds. The number of carbonyl (C=O) groups excluding carboxylic acids is 1. The summed E-state index contributed by atoms with van der Waals surface area (Å²) in [6.45, 7) is 0.367. The molecule has 2 aromatic heterocycles. The van der Waals surface area contributed by atoms with E-state index in [0.717, 1.165) is 27.9 Å². The first kappa shape index (κ1) is 16.0. The Labute approximate surface area is 151 Å². The molecule has 2 aromatic carbocycles. The molecule has 0 unspecified atom stereocenters. The lowest BCUT2D eigenvalue weighted by Crippen LogP contribution is -2.23. The monoisotopic (exact) mass is 342 g/mol. The first-order valence-electron chi connectivity index (χ1n) is 8.42. The highest BCUT2D eigenvalue weighted by Gasteiger charge is 2.11. The van der Waals surface area contributed by atoms with E-state index in [1.807, 2.05) is 73.8 Å². The Morgan fingerprint density at radius 1 is 1.00 bits per heavy atom. The molecule has 0 aliphatic rings. The molecule has 0 saturated carbocycles. The first-order valence-corrected chi connectivity index (χ1v) is 8.42. The van der Waals surface area contributed by atoms with Gasteiger partial charge in [0.05, 0.1) is 23.6 Å². The fourth-order valence-electron chi connectivity index (χ4n) is 2.97. The van der Waals surface area contributed by atoms with Crippen LogP contribution in [0.5, 0.6) is 0 Å². The average molecular weight is 342 g/mol. The van der Waals surface area contributed by atoms with Gasteiger partial charge in [-0.3, -0.25) is 14.5 Å². The van der Waals surface area contributed by atoms with Crippen molar-refractivity contribution in [2.75, 3.05) is 0 Å². The molecule has 2 heterocycles. The van der Waals surface area contributed by atoms with E-state index in [2.05, 4.69) is 15.4 Å². The summed E-state index contributed by atoms with van der Waals surface area (Å²) < 4.78 is 1.78. The van der Waals surface area contributed by atoms with Crippen LogP contribution in [0.4, 0.5) is 0 Å². The first-order chi connectivity index (χ1) is 12.7. The number of aryl methyl sites for hydroxylation is 1. The maximum Gasteiger partial charge on any atom is 0.251 e. The Kier molecular flexibility index (Phi) is 4.19. The van der Waals surface area contributed by atoms with Crippen molar-refractivity contribution in [1.29, 1.82) is 0 Å². The average Bonchev–Trinajstić information content (AvgIpc) is 3.07. The van der Waals surface area contributed by atoms with E-state index < -0.39 is 0 Å². The summed E-state index contributed by atoms with van der Waals surface area (Å²) in [5, 5.41) is 9.57. The van der Waals surface area contributed by atoms with Crippen LogP contribution in [0.3, 0.4) is 0 Å². The fraction of sp³-hybridized carbons (Fsp3) is 0.0952. The van der Waals surface area contributed by atoms with Crippen LogP contribution < -0.4 is 5.32 Å². The van der Waals surface area contributed by atoms with Crippen molar-refractivity contribution in [1.82, 2.24) is 20.1 Å². The summed E-state index contributed by atoms with van der Waals surface area (Å²) in [5.74, 6) is -0.110. The van der Waals surface area contributed by atoms with Crippen LogP contribution in [0, 0.1) is 0 Å². The quantitative estimate of drug-likeness (QED) is 0.617. The number of aromatic nitrogens is 3. The van der Waals surface area contributed by atoms with E-state index >= 15 is 0 Å². The number of benzene rings is 2. The molecule has 0 atom stereocenters. The summed E-state index contributed by atoms with van der Waals surface area (Å²) in [6, 6.07) is 21.4. The zero-order valence-corrected chi connectivity index (χ0v) is 14.4. The predicted octanol–water partition coefficient (Wildman–Crippen LogP) is 3.57. The summed E-state index contributed by atoms with van der Waals surface area (Å²) in [5.41, 5.74) is 3.21. The number of carbonyl (C=O) groups is 1. The normalized spacial score (nSPS) is 10.8. The number of nitrogens with zero attached hydrogens (tertiary/aromatic N) is 3. The van der Waals surface area contributed by atoms with Crippen molar-refractivity contribution in [3.05, 3.63) is 84.2 Å². The molecule has 0 spiro atoms. The zero-order chi connectivity index (χ0) is 17.9. The predicted molar refractivity (Wildman–Crippen MR) is 102 cm³/mol. The van der Waals surface area contributed by atoms with E-state index in [1.165, 1.54) is 0 Å². The van der Waals surface area contributed by atoms with Gasteiger partial charge in [-0.25, -0.2) is 0 Å². The Morgan fingerprint density at radius 2 is 1.81 bits per heavy atom. The smallest absolute Gasteiger partial charge is 0.251 e. The lowest BCUT2D eigenvalue weighted by Gasteiger charge is -2.05.